The molecular formula is C16H18BrN. The van der Waals surface area contributed by atoms with Crippen LogP contribution in [0.3, 0.4) is 0 Å². The summed E-state index contributed by atoms with van der Waals surface area (Å²) in [5, 5.41) is 1.26. The third kappa shape index (κ3) is 2.31. The molecular weight excluding hydrogens is 286 g/mol. The number of benzene rings is 1. The third-order valence-corrected chi connectivity index (χ3v) is 5.09. The summed E-state index contributed by atoms with van der Waals surface area (Å²) in [5.41, 5.74) is 2.62. The molecule has 1 aromatic heterocycles. The summed E-state index contributed by atoms with van der Waals surface area (Å²) in [6.45, 7) is 0. The van der Waals surface area contributed by atoms with Crippen molar-refractivity contribution < 1.29 is 0 Å². The average Bonchev–Trinajstić information content (AvgIpc) is 2.63. The number of alkyl halides is 1. The molecule has 0 aliphatic heterocycles. The van der Waals surface area contributed by atoms with Gasteiger partial charge in [-0.25, -0.2) is 0 Å². The molecule has 3 rings (SSSR count). The predicted molar refractivity (Wildman–Crippen MR) is 80.3 cm³/mol. The molecule has 1 nitrogen and oxygen atoms in total. The standard InChI is InChI=1S/C16H18BrN/c17-15-10-3-1-2-8-13(15)14-9-4-6-12-7-5-11-18-16(12)14/h4-7,9,11,13,15H,1-3,8,10H2. The van der Waals surface area contributed by atoms with Crippen LogP contribution in [0.25, 0.3) is 10.9 Å². The Bertz CT molecular complexity index is 532. The summed E-state index contributed by atoms with van der Waals surface area (Å²) in [6.07, 6.45) is 8.54. The van der Waals surface area contributed by atoms with Crippen LogP contribution >= 0.6 is 15.9 Å². The normalized spacial score (nSPS) is 24.9. The van der Waals surface area contributed by atoms with Crippen LogP contribution in [0.1, 0.15) is 43.6 Å². The van der Waals surface area contributed by atoms with Crippen molar-refractivity contribution in [2.75, 3.05) is 0 Å². The van der Waals surface area contributed by atoms with Gasteiger partial charge in [0.1, 0.15) is 0 Å². The van der Waals surface area contributed by atoms with Crippen molar-refractivity contribution in [1.29, 1.82) is 0 Å². The molecule has 1 aliphatic rings. The first kappa shape index (κ1) is 12.2. The third-order valence-electron chi connectivity index (χ3n) is 4.00. The molecule has 0 spiro atoms. The van der Waals surface area contributed by atoms with Crippen LogP contribution in [-0.4, -0.2) is 9.81 Å². The number of fused-ring (bicyclic) bond motifs is 1. The predicted octanol–water partition coefficient (Wildman–Crippen LogP) is 5.05. The maximum atomic E-state index is 4.60. The van der Waals surface area contributed by atoms with Gasteiger partial charge in [0.25, 0.3) is 0 Å². The van der Waals surface area contributed by atoms with E-state index >= 15 is 0 Å². The smallest absolute Gasteiger partial charge is 0.0737 e. The number of para-hydroxylation sites is 1. The Hall–Kier alpha value is -0.890. The van der Waals surface area contributed by atoms with E-state index in [-0.39, 0.29) is 0 Å². The van der Waals surface area contributed by atoms with E-state index in [1.165, 1.54) is 48.6 Å². The monoisotopic (exact) mass is 303 g/mol. The lowest BCUT2D eigenvalue weighted by atomic mass is 9.90. The van der Waals surface area contributed by atoms with Gasteiger partial charge in [-0.1, -0.05) is 59.5 Å². The van der Waals surface area contributed by atoms with Gasteiger partial charge in [-0.15, -0.1) is 0 Å². The minimum absolute atomic E-state index is 0.604. The summed E-state index contributed by atoms with van der Waals surface area (Å²) in [6, 6.07) is 10.8. The van der Waals surface area contributed by atoms with Crippen LogP contribution in [-0.2, 0) is 0 Å². The Morgan fingerprint density at radius 1 is 1.00 bits per heavy atom. The molecule has 1 fully saturated rings. The van der Waals surface area contributed by atoms with Crippen LogP contribution in [0, 0.1) is 0 Å². The fourth-order valence-electron chi connectivity index (χ4n) is 3.04. The van der Waals surface area contributed by atoms with E-state index in [0.717, 1.165) is 0 Å². The summed E-state index contributed by atoms with van der Waals surface area (Å²) < 4.78 is 0. The number of nitrogens with zero attached hydrogens (tertiary/aromatic N) is 1. The van der Waals surface area contributed by atoms with E-state index in [2.05, 4.69) is 45.2 Å². The zero-order valence-corrected chi connectivity index (χ0v) is 12.1. The molecule has 2 aromatic rings. The van der Waals surface area contributed by atoms with Gasteiger partial charge in [0.2, 0.25) is 0 Å². The molecule has 94 valence electrons. The van der Waals surface area contributed by atoms with E-state index in [9.17, 15) is 0 Å². The molecule has 2 atom stereocenters. The summed E-state index contributed by atoms with van der Waals surface area (Å²) in [4.78, 5) is 5.20. The van der Waals surface area contributed by atoms with Gasteiger partial charge in [0, 0.05) is 16.4 Å². The lowest BCUT2D eigenvalue weighted by Crippen LogP contribution is -2.11. The first-order valence-electron chi connectivity index (χ1n) is 6.84. The molecule has 2 unspecified atom stereocenters. The molecule has 0 saturated heterocycles. The van der Waals surface area contributed by atoms with Gasteiger partial charge in [-0.2, -0.15) is 0 Å². The molecule has 0 amide bonds. The van der Waals surface area contributed by atoms with E-state index in [1.807, 2.05) is 12.3 Å². The van der Waals surface area contributed by atoms with Crippen molar-refractivity contribution >= 4 is 26.8 Å². The molecule has 1 saturated carbocycles. The highest BCUT2D eigenvalue weighted by atomic mass is 79.9. The summed E-state index contributed by atoms with van der Waals surface area (Å²) in [5.74, 6) is 0.617. The highest BCUT2D eigenvalue weighted by Crippen LogP contribution is 2.38. The largest absolute Gasteiger partial charge is 0.256 e. The number of pyridine rings is 1. The van der Waals surface area contributed by atoms with Crippen molar-refractivity contribution in [2.45, 2.75) is 42.8 Å². The zero-order chi connectivity index (χ0) is 12.4. The van der Waals surface area contributed by atoms with Crippen molar-refractivity contribution in [3.05, 3.63) is 42.1 Å². The molecule has 2 heteroatoms. The van der Waals surface area contributed by atoms with Crippen molar-refractivity contribution in [2.24, 2.45) is 0 Å². The first-order chi connectivity index (χ1) is 8.86. The number of hydrogen-bond acceptors (Lipinski definition) is 1. The van der Waals surface area contributed by atoms with Gasteiger partial charge in [-0.3, -0.25) is 4.98 Å². The highest BCUT2D eigenvalue weighted by Gasteiger charge is 2.24. The van der Waals surface area contributed by atoms with E-state index in [1.54, 1.807) is 0 Å². The van der Waals surface area contributed by atoms with Crippen LogP contribution in [0.2, 0.25) is 0 Å². The van der Waals surface area contributed by atoms with Crippen molar-refractivity contribution in [3.8, 4) is 0 Å². The lowest BCUT2D eigenvalue weighted by molar-refractivity contribution is 0.615. The van der Waals surface area contributed by atoms with Crippen LogP contribution in [0.5, 0.6) is 0 Å². The van der Waals surface area contributed by atoms with Crippen LogP contribution < -0.4 is 0 Å². The number of hydrogen-bond donors (Lipinski definition) is 0. The van der Waals surface area contributed by atoms with Crippen molar-refractivity contribution in [1.82, 2.24) is 4.98 Å². The molecule has 0 N–H and O–H groups in total. The molecule has 1 aliphatic carbocycles. The SMILES string of the molecule is BrC1CCCCCC1c1cccc2cccnc12. The molecule has 18 heavy (non-hydrogen) atoms. The second kappa shape index (κ2) is 5.40. The maximum Gasteiger partial charge on any atom is 0.0737 e. The lowest BCUT2D eigenvalue weighted by Gasteiger charge is -2.21. The van der Waals surface area contributed by atoms with Gasteiger partial charge in [0.05, 0.1) is 5.52 Å². The molecule has 1 heterocycles. The minimum Gasteiger partial charge on any atom is -0.256 e. The maximum absolute atomic E-state index is 4.60. The fraction of sp³-hybridized carbons (Fsp3) is 0.438. The summed E-state index contributed by atoms with van der Waals surface area (Å²) in [7, 11) is 0. The highest BCUT2D eigenvalue weighted by molar-refractivity contribution is 9.09. The Balaban J connectivity index is 2.07. The van der Waals surface area contributed by atoms with Gasteiger partial charge in [0.15, 0.2) is 0 Å². The van der Waals surface area contributed by atoms with E-state index < -0.39 is 0 Å². The van der Waals surface area contributed by atoms with E-state index in [0.29, 0.717) is 10.7 Å². The topological polar surface area (TPSA) is 12.9 Å². The van der Waals surface area contributed by atoms with Crippen molar-refractivity contribution in [3.63, 3.8) is 0 Å². The van der Waals surface area contributed by atoms with Gasteiger partial charge < -0.3 is 0 Å². The first-order valence-corrected chi connectivity index (χ1v) is 7.75. The van der Waals surface area contributed by atoms with Crippen LogP contribution in [0.4, 0.5) is 0 Å². The quantitative estimate of drug-likeness (QED) is 0.531. The Labute approximate surface area is 117 Å². The zero-order valence-electron chi connectivity index (χ0n) is 10.5. The second-order valence-electron chi connectivity index (χ2n) is 5.18. The second-order valence-corrected chi connectivity index (χ2v) is 6.36. The number of rotatable bonds is 1. The minimum atomic E-state index is 0.604. The Morgan fingerprint density at radius 2 is 1.83 bits per heavy atom. The fourth-order valence-corrected chi connectivity index (χ4v) is 3.91. The van der Waals surface area contributed by atoms with Gasteiger partial charge in [-0.05, 0) is 30.4 Å². The molecule has 0 bridgehead atoms. The Kier molecular flexibility index (Phi) is 3.64. The van der Waals surface area contributed by atoms with E-state index in [4.69, 9.17) is 0 Å². The van der Waals surface area contributed by atoms with Crippen LogP contribution in [0.15, 0.2) is 36.5 Å². The summed E-state index contributed by atoms with van der Waals surface area (Å²) >= 11 is 3.90. The average molecular weight is 304 g/mol. The van der Waals surface area contributed by atoms with Gasteiger partial charge >= 0.3 is 0 Å². The molecule has 1 aromatic carbocycles. The number of halogens is 1. The molecule has 0 radical (unpaired) electrons. The number of aromatic nitrogens is 1. The Morgan fingerprint density at radius 3 is 2.78 bits per heavy atom.